The summed E-state index contributed by atoms with van der Waals surface area (Å²) in [6.45, 7) is 1.79. The molecule has 0 bridgehead atoms. The van der Waals surface area contributed by atoms with Gasteiger partial charge in [0.15, 0.2) is 0 Å². The van der Waals surface area contributed by atoms with Gasteiger partial charge in [0.1, 0.15) is 0 Å². The number of hydrogen-bond donors (Lipinski definition) is 3. The maximum absolute atomic E-state index is 12.2. The van der Waals surface area contributed by atoms with Crippen molar-refractivity contribution in [2.24, 2.45) is 5.41 Å². The topological polar surface area (TPSA) is 95.5 Å². The molecular weight excluding hydrogens is 316 g/mol. The lowest BCUT2D eigenvalue weighted by molar-refractivity contribution is -0.149. The van der Waals surface area contributed by atoms with E-state index in [1.807, 2.05) is 0 Å². The number of anilines is 1. The molecule has 1 aromatic rings. The van der Waals surface area contributed by atoms with E-state index in [-0.39, 0.29) is 18.2 Å². The fourth-order valence-electron chi connectivity index (χ4n) is 2.58. The van der Waals surface area contributed by atoms with Crippen molar-refractivity contribution in [2.45, 2.75) is 19.8 Å². The predicted molar refractivity (Wildman–Crippen MR) is 89.8 cm³/mol. The molecule has 1 saturated heterocycles. The van der Waals surface area contributed by atoms with Gasteiger partial charge >= 0.3 is 5.97 Å². The molecule has 1 aliphatic rings. The Morgan fingerprint density at radius 2 is 2.09 bits per heavy atom. The van der Waals surface area contributed by atoms with Crippen LogP contribution in [-0.4, -0.2) is 41.4 Å². The van der Waals surface area contributed by atoms with E-state index in [1.165, 1.54) is 0 Å². The number of carbonyl (C=O) groups excluding carboxylic acids is 2. The van der Waals surface area contributed by atoms with Crippen LogP contribution in [0.5, 0.6) is 0 Å². The quantitative estimate of drug-likeness (QED) is 0.763. The molecule has 124 valence electrons. The molecule has 2 rings (SSSR count). The largest absolute Gasteiger partial charge is 0.481 e. The van der Waals surface area contributed by atoms with Gasteiger partial charge in [-0.3, -0.25) is 14.4 Å². The van der Waals surface area contributed by atoms with Gasteiger partial charge in [-0.1, -0.05) is 0 Å². The highest BCUT2D eigenvalue weighted by Gasteiger charge is 2.43. The van der Waals surface area contributed by atoms with Gasteiger partial charge in [0, 0.05) is 30.5 Å². The summed E-state index contributed by atoms with van der Waals surface area (Å²) in [7, 11) is 1.55. The summed E-state index contributed by atoms with van der Waals surface area (Å²) in [5, 5.41) is 14.7. The maximum atomic E-state index is 12.2. The average molecular weight is 336 g/mol. The highest BCUT2D eigenvalue weighted by molar-refractivity contribution is 7.99. The fourth-order valence-corrected chi connectivity index (χ4v) is 4.02. The first-order chi connectivity index (χ1) is 10.9. The van der Waals surface area contributed by atoms with E-state index in [2.05, 4.69) is 10.6 Å². The van der Waals surface area contributed by atoms with Gasteiger partial charge in [-0.15, -0.1) is 0 Å². The lowest BCUT2D eigenvalue weighted by atomic mass is 9.84. The van der Waals surface area contributed by atoms with E-state index in [9.17, 15) is 19.5 Å². The van der Waals surface area contributed by atoms with Crippen molar-refractivity contribution in [1.82, 2.24) is 5.32 Å². The van der Waals surface area contributed by atoms with Gasteiger partial charge in [0.05, 0.1) is 5.41 Å². The maximum Gasteiger partial charge on any atom is 0.311 e. The van der Waals surface area contributed by atoms with Crippen LogP contribution in [0.3, 0.4) is 0 Å². The van der Waals surface area contributed by atoms with Crippen LogP contribution < -0.4 is 10.6 Å². The summed E-state index contributed by atoms with van der Waals surface area (Å²) in [5.41, 5.74) is 0.890. The number of rotatable bonds is 5. The van der Waals surface area contributed by atoms with Crippen molar-refractivity contribution in [3.8, 4) is 0 Å². The van der Waals surface area contributed by atoms with Gasteiger partial charge < -0.3 is 15.7 Å². The van der Waals surface area contributed by atoms with E-state index in [0.717, 1.165) is 11.3 Å². The summed E-state index contributed by atoms with van der Waals surface area (Å²) >= 11 is 1.56. The second kappa shape index (κ2) is 7.04. The Balaban J connectivity index is 2.08. The molecule has 1 atom stereocenters. The lowest BCUT2D eigenvalue weighted by Crippen LogP contribution is -2.35. The summed E-state index contributed by atoms with van der Waals surface area (Å²) in [5.74, 6) is -0.196. The van der Waals surface area contributed by atoms with E-state index in [0.29, 0.717) is 23.4 Å². The van der Waals surface area contributed by atoms with Crippen molar-refractivity contribution >= 4 is 35.2 Å². The number of carboxylic acid groups (broad SMARTS) is 1. The molecular formula is C16H20N2O4S. The van der Waals surface area contributed by atoms with Crippen LogP contribution in [0.25, 0.3) is 0 Å². The van der Waals surface area contributed by atoms with Crippen LogP contribution in [0.1, 0.15) is 28.8 Å². The van der Waals surface area contributed by atoms with Gasteiger partial charge in [-0.2, -0.15) is 11.8 Å². The third-order valence-electron chi connectivity index (χ3n) is 4.05. The molecule has 2 amide bonds. The zero-order valence-electron chi connectivity index (χ0n) is 13.1. The highest BCUT2D eigenvalue weighted by Crippen LogP contribution is 2.39. The molecule has 1 heterocycles. The van der Waals surface area contributed by atoms with Crippen molar-refractivity contribution in [2.75, 3.05) is 23.9 Å². The molecule has 0 spiro atoms. The van der Waals surface area contributed by atoms with Crippen molar-refractivity contribution in [1.29, 1.82) is 0 Å². The second-order valence-electron chi connectivity index (χ2n) is 5.72. The van der Waals surface area contributed by atoms with E-state index < -0.39 is 11.4 Å². The molecule has 1 aromatic carbocycles. The molecule has 1 unspecified atom stereocenters. The third-order valence-corrected chi connectivity index (χ3v) is 5.30. The van der Waals surface area contributed by atoms with Crippen LogP contribution >= 0.6 is 11.8 Å². The smallest absolute Gasteiger partial charge is 0.311 e. The molecule has 1 aliphatic heterocycles. The van der Waals surface area contributed by atoms with Crippen LogP contribution in [0.2, 0.25) is 0 Å². The minimum atomic E-state index is -0.968. The van der Waals surface area contributed by atoms with Crippen molar-refractivity contribution in [3.05, 3.63) is 29.3 Å². The first-order valence-electron chi connectivity index (χ1n) is 7.32. The minimum Gasteiger partial charge on any atom is -0.481 e. The van der Waals surface area contributed by atoms with E-state index in [1.54, 1.807) is 43.9 Å². The minimum absolute atomic E-state index is 0.0357. The number of nitrogens with one attached hydrogen (secondary N) is 2. The first kappa shape index (κ1) is 17.3. The molecule has 3 N–H and O–H groups in total. The molecule has 6 nitrogen and oxygen atoms in total. The van der Waals surface area contributed by atoms with Crippen molar-refractivity contribution in [3.63, 3.8) is 0 Å². The number of hydrogen-bond acceptors (Lipinski definition) is 4. The Morgan fingerprint density at radius 3 is 2.61 bits per heavy atom. The number of aliphatic carboxylic acids is 1. The Morgan fingerprint density at radius 1 is 1.35 bits per heavy atom. The highest BCUT2D eigenvalue weighted by atomic mass is 32.2. The number of aryl methyl sites for hydroxylation is 1. The van der Waals surface area contributed by atoms with E-state index in [4.69, 9.17) is 0 Å². The molecule has 0 aromatic heterocycles. The normalized spacial score (nSPS) is 20.1. The monoisotopic (exact) mass is 336 g/mol. The van der Waals surface area contributed by atoms with Gasteiger partial charge in [0.25, 0.3) is 5.91 Å². The summed E-state index contributed by atoms with van der Waals surface area (Å²) in [6, 6.07) is 4.97. The average Bonchev–Trinajstić information content (AvgIpc) is 2.98. The fraction of sp³-hybridized carbons (Fsp3) is 0.438. The Labute approximate surface area is 139 Å². The molecule has 7 heteroatoms. The number of thioether (sulfide) groups is 1. The Hall–Kier alpha value is -2.02. The number of carbonyl (C=O) groups is 3. The standard InChI is InChI=1S/C16H20N2O4S/c1-10-7-11(14(20)17-2)3-4-12(10)18-13(19)8-16(15(21)22)5-6-23-9-16/h3-4,7H,5-6,8-9H2,1-2H3,(H,17,20)(H,18,19)(H,21,22). The van der Waals surface area contributed by atoms with Gasteiger partial charge in [-0.05, 0) is 42.9 Å². The molecule has 23 heavy (non-hydrogen) atoms. The van der Waals surface area contributed by atoms with Crippen LogP contribution in [0, 0.1) is 12.3 Å². The molecule has 0 aliphatic carbocycles. The van der Waals surface area contributed by atoms with Gasteiger partial charge in [-0.25, -0.2) is 0 Å². The summed E-state index contributed by atoms with van der Waals surface area (Å²) in [4.78, 5) is 35.3. The number of amides is 2. The summed E-state index contributed by atoms with van der Waals surface area (Å²) < 4.78 is 0. The molecule has 0 radical (unpaired) electrons. The zero-order valence-corrected chi connectivity index (χ0v) is 14.0. The zero-order chi connectivity index (χ0) is 17.0. The first-order valence-corrected chi connectivity index (χ1v) is 8.47. The summed E-state index contributed by atoms with van der Waals surface area (Å²) in [6.07, 6.45) is 0.473. The Bertz CT molecular complexity index is 639. The Kier molecular flexibility index (Phi) is 5.30. The number of carboxylic acids is 1. The van der Waals surface area contributed by atoms with Gasteiger partial charge in [0.2, 0.25) is 5.91 Å². The third kappa shape index (κ3) is 3.85. The van der Waals surface area contributed by atoms with Crippen LogP contribution in [0.4, 0.5) is 5.69 Å². The van der Waals surface area contributed by atoms with Crippen molar-refractivity contribution < 1.29 is 19.5 Å². The predicted octanol–water partition coefficient (Wildman–Crippen LogP) is 1.89. The van der Waals surface area contributed by atoms with Crippen LogP contribution in [0.15, 0.2) is 18.2 Å². The molecule has 1 fully saturated rings. The van der Waals surface area contributed by atoms with Crippen LogP contribution in [-0.2, 0) is 9.59 Å². The molecule has 0 saturated carbocycles. The number of benzene rings is 1. The van der Waals surface area contributed by atoms with E-state index >= 15 is 0 Å². The SMILES string of the molecule is CNC(=O)c1ccc(NC(=O)CC2(C(=O)O)CCSC2)c(C)c1. The second-order valence-corrected chi connectivity index (χ2v) is 6.83. The lowest BCUT2D eigenvalue weighted by Gasteiger charge is -2.22.